The molecule has 8 N–H and O–H groups in total. The first-order chi connectivity index (χ1) is 33.7. The van der Waals surface area contributed by atoms with Crippen LogP contribution in [0.3, 0.4) is 0 Å². The van der Waals surface area contributed by atoms with Crippen molar-refractivity contribution in [3.63, 3.8) is 0 Å². The van der Waals surface area contributed by atoms with E-state index in [1.807, 2.05) is 84.9 Å². The van der Waals surface area contributed by atoms with E-state index in [0.717, 1.165) is 22.3 Å². The summed E-state index contributed by atoms with van der Waals surface area (Å²) < 4.78 is 90.0. The second kappa shape index (κ2) is 24.5. The summed E-state index contributed by atoms with van der Waals surface area (Å²) in [5, 5.41) is 8.23. The molecule has 0 bridgehead atoms. The summed E-state index contributed by atoms with van der Waals surface area (Å²) in [6, 6.07) is 37.3. The van der Waals surface area contributed by atoms with E-state index in [2.05, 4.69) is 29.3 Å². The first-order valence-corrected chi connectivity index (χ1v) is 24.9. The number of hydrogen-bond donors (Lipinski definition) is 6. The van der Waals surface area contributed by atoms with E-state index in [1.54, 1.807) is 61.2 Å². The van der Waals surface area contributed by atoms with Gasteiger partial charge in [0.05, 0.1) is 23.8 Å². The van der Waals surface area contributed by atoms with Crippen molar-refractivity contribution in [3.05, 3.63) is 180 Å². The molecule has 8 rings (SSSR count). The fraction of sp³-hybridized carbons (Fsp3) is 0.136. The van der Waals surface area contributed by atoms with Gasteiger partial charge >= 0.3 is 15.6 Å². The van der Waals surface area contributed by atoms with E-state index < -0.39 is 39.5 Å². The molecule has 71 heavy (non-hydrogen) atoms. The molecule has 6 heterocycles. The molecule has 372 valence electrons. The number of nitrogen functional groups attached to an aromatic ring is 2. The molecule has 0 saturated carbocycles. The van der Waals surface area contributed by atoms with Crippen LogP contribution in [0.2, 0.25) is 0 Å². The molecular weight excluding hydrogens is 991 g/mol. The molecule has 0 saturated heterocycles. The van der Waals surface area contributed by atoms with Crippen LogP contribution in [0.5, 0.6) is 11.8 Å². The Morgan fingerprint density at radius 2 is 0.930 bits per heavy atom. The minimum atomic E-state index is -5.17. The first kappa shape index (κ1) is 53.1. The lowest BCUT2D eigenvalue weighted by atomic mass is 10.1. The van der Waals surface area contributed by atoms with Gasteiger partial charge in [-0.1, -0.05) is 71.0 Å². The Bertz CT molecular complexity index is 2970. The number of aromatic nitrogens is 6. The van der Waals surface area contributed by atoms with Gasteiger partial charge in [-0.25, -0.2) is 37.3 Å². The van der Waals surface area contributed by atoms with Crippen molar-refractivity contribution in [3.8, 4) is 34.4 Å². The number of phosphoric acid groups is 2. The zero-order valence-electron chi connectivity index (χ0n) is 36.9. The molecule has 0 aliphatic carbocycles. The van der Waals surface area contributed by atoms with Crippen LogP contribution in [0.25, 0.3) is 22.6 Å². The van der Waals surface area contributed by atoms with Crippen LogP contribution < -0.4 is 30.1 Å². The number of rotatable bonds is 18. The molecule has 0 fully saturated rings. The van der Waals surface area contributed by atoms with E-state index in [4.69, 9.17) is 67.1 Å². The monoisotopic (exact) mass is 1030 g/mol. The van der Waals surface area contributed by atoms with E-state index in [9.17, 15) is 9.13 Å². The Labute approximate surface area is 404 Å². The average Bonchev–Trinajstić information content (AvgIpc) is 4.00. The van der Waals surface area contributed by atoms with Gasteiger partial charge in [-0.05, 0) is 58.7 Å². The molecule has 24 nitrogen and oxygen atoms in total. The predicted molar refractivity (Wildman–Crippen MR) is 245 cm³/mol. The third-order valence-corrected chi connectivity index (χ3v) is 10.4. The maximum absolute atomic E-state index is 11.0. The summed E-state index contributed by atoms with van der Waals surface area (Å²) >= 11 is 0. The lowest BCUT2D eigenvalue weighted by Gasteiger charge is -2.07. The van der Waals surface area contributed by atoms with E-state index >= 15 is 0 Å². The zero-order chi connectivity index (χ0) is 51.0. The first-order valence-electron chi connectivity index (χ1n) is 20.5. The van der Waals surface area contributed by atoms with Gasteiger partial charge in [0.2, 0.25) is 25.2 Å². The summed E-state index contributed by atoms with van der Waals surface area (Å²) in [5.41, 5.74) is 18.9. The van der Waals surface area contributed by atoms with E-state index in [1.165, 1.54) is 9.13 Å². The number of pyridine rings is 4. The highest BCUT2D eigenvalue weighted by Crippen LogP contribution is 2.36. The van der Waals surface area contributed by atoms with Crippen molar-refractivity contribution in [1.29, 1.82) is 0 Å². The van der Waals surface area contributed by atoms with Gasteiger partial charge in [-0.2, -0.15) is 0 Å². The third kappa shape index (κ3) is 18.2. The van der Waals surface area contributed by atoms with Crippen LogP contribution in [-0.4, -0.2) is 57.4 Å². The Hall–Kier alpha value is -7.25. The summed E-state index contributed by atoms with van der Waals surface area (Å²) in [5.74, 6) is 2.48. The third-order valence-electron chi connectivity index (χ3n) is 9.47. The smallest absolute Gasteiger partial charge is 0.472 e. The Morgan fingerprint density at radius 1 is 0.563 bits per heavy atom. The Morgan fingerprint density at radius 3 is 1.27 bits per heavy atom. The van der Waals surface area contributed by atoms with Gasteiger partial charge in [0.1, 0.15) is 24.3 Å². The molecule has 6 aromatic heterocycles. The molecule has 0 aliphatic rings. The van der Waals surface area contributed by atoms with Gasteiger partial charge in [-0.3, -0.25) is 19.9 Å². The van der Waals surface area contributed by atoms with Crippen molar-refractivity contribution in [1.82, 2.24) is 20.3 Å². The maximum atomic E-state index is 11.0. The van der Waals surface area contributed by atoms with Gasteiger partial charge < -0.3 is 47.2 Å². The molecule has 0 spiro atoms. The quantitative estimate of drug-likeness (QED) is 0.0301. The number of anilines is 2. The highest BCUT2D eigenvalue weighted by Gasteiger charge is 2.22. The van der Waals surface area contributed by atoms with Gasteiger partial charge in [-0.15, -0.1) is 0 Å². The second-order valence-corrected chi connectivity index (χ2v) is 18.0. The minimum Gasteiger partial charge on any atom is -0.759 e. The molecule has 27 heteroatoms. The second-order valence-electron chi connectivity index (χ2n) is 14.7. The number of ether oxygens (including phenoxy) is 2. The lowest BCUT2D eigenvalue weighted by molar-refractivity contribution is -0.712. The number of nitrogens with zero attached hydrogens (tertiary/aromatic N) is 6. The lowest BCUT2D eigenvalue weighted by Crippen LogP contribution is -2.38. The highest BCUT2D eigenvalue weighted by atomic mass is 32.3. The predicted octanol–water partition coefficient (Wildman–Crippen LogP) is 4.35. The minimum absolute atomic E-state index is 0.228. The molecule has 2 aromatic carbocycles. The van der Waals surface area contributed by atoms with Crippen LogP contribution in [0.1, 0.15) is 33.6 Å². The normalized spacial score (nSPS) is 11.5. The fourth-order valence-electron chi connectivity index (χ4n) is 6.19. The summed E-state index contributed by atoms with van der Waals surface area (Å²) in [7, 11) is -14.4. The fourth-order valence-corrected chi connectivity index (χ4v) is 6.74. The Kier molecular flexibility index (Phi) is 18.4. The highest BCUT2D eigenvalue weighted by molar-refractivity contribution is 7.79. The van der Waals surface area contributed by atoms with Crippen molar-refractivity contribution in [2.24, 2.45) is 0 Å². The van der Waals surface area contributed by atoms with Crippen LogP contribution in [0, 0.1) is 0 Å². The number of benzene rings is 2. The van der Waals surface area contributed by atoms with Crippen molar-refractivity contribution in [2.45, 2.75) is 39.5 Å². The van der Waals surface area contributed by atoms with Crippen molar-refractivity contribution < 1.29 is 82.9 Å². The maximum Gasteiger partial charge on any atom is 0.472 e. The van der Waals surface area contributed by atoms with Crippen LogP contribution in [0.15, 0.2) is 155 Å². The molecule has 0 atom stereocenters. The van der Waals surface area contributed by atoms with Crippen LogP contribution >= 0.6 is 15.6 Å². The van der Waals surface area contributed by atoms with E-state index in [0.29, 0.717) is 71.9 Å². The topological polar surface area (TPSA) is 370 Å². The van der Waals surface area contributed by atoms with Crippen LogP contribution in [-0.2, 0) is 68.1 Å². The Balaban J connectivity index is 0.000000212. The van der Waals surface area contributed by atoms with E-state index in [-0.39, 0.29) is 11.6 Å². The molecule has 0 unspecified atom stereocenters. The summed E-state index contributed by atoms with van der Waals surface area (Å²) in [6.07, 6.45) is 7.57. The zero-order valence-corrected chi connectivity index (χ0v) is 39.5. The molecule has 8 aromatic rings. The largest absolute Gasteiger partial charge is 0.759 e. The summed E-state index contributed by atoms with van der Waals surface area (Å²) in [4.78, 5) is 43.8. The standard InChI is InChI=1S/2C22H21N4O6P.H2O4S/c2*23-22-19(4-3-11-26(22)15-31-33(27,28)29)20-13-18(25-32-20)12-16-6-8-17(9-7-16)14-30-21-5-1-2-10-24-21;1-5(2,3)4/h2*1-11,13,23H,12,14-15H2,(H2,27,28,29);(H2,1,2,3,4). The van der Waals surface area contributed by atoms with Gasteiger partial charge in [0.25, 0.3) is 11.6 Å². The van der Waals surface area contributed by atoms with Gasteiger partial charge in [0, 0.05) is 59.9 Å². The number of phosphoric ester groups is 2. The van der Waals surface area contributed by atoms with Crippen molar-refractivity contribution in [2.75, 3.05) is 11.5 Å². The molecule has 0 radical (unpaired) electrons. The van der Waals surface area contributed by atoms with Gasteiger partial charge in [0.15, 0.2) is 11.5 Å². The summed E-state index contributed by atoms with van der Waals surface area (Å²) in [6.45, 7) is 0.0392. The molecule has 0 aliphatic heterocycles. The van der Waals surface area contributed by atoms with Crippen molar-refractivity contribution >= 4 is 37.7 Å². The van der Waals surface area contributed by atoms with Crippen LogP contribution in [0.4, 0.5) is 11.6 Å². The number of hydrogen-bond acceptors (Lipinski definition) is 18. The average molecular weight is 1030 g/mol. The molecule has 0 amide bonds. The number of nitrogens with two attached hydrogens (primary N) is 2. The SMILES string of the molecule is Nc1c(-c2cc(Cc3ccc(COc4ccccn4)cc3)no2)ccc[n+]1COP(=O)(O)O.Nc1c(-c2cc(Cc3ccc(COc4ccccn4)cc3)no2)ccc[n+]1COP(=O)(O)O.O=S(=O)([O-])[O-]. The molecular formula is C44H44N8O16P2S.